The number of ether oxygens (including phenoxy) is 1. The van der Waals surface area contributed by atoms with Crippen LogP contribution in [0.2, 0.25) is 0 Å². The van der Waals surface area contributed by atoms with Crippen molar-refractivity contribution in [3.05, 3.63) is 23.8 Å². The lowest BCUT2D eigenvalue weighted by molar-refractivity contribution is 0.184. The molecule has 1 unspecified atom stereocenters. The van der Waals surface area contributed by atoms with Gasteiger partial charge in [0.15, 0.2) is 0 Å². The molecule has 4 heteroatoms. The largest absolute Gasteiger partial charge is 0.497 e. The Morgan fingerprint density at radius 3 is 2.79 bits per heavy atom. The van der Waals surface area contributed by atoms with E-state index in [-0.39, 0.29) is 6.54 Å². The molecular weight excluding hydrogens is 198 g/mol. The molecule has 78 valence electrons. The molecule has 0 saturated carbocycles. The summed E-state index contributed by atoms with van der Waals surface area (Å²) in [6, 6.07) is 5.58. The summed E-state index contributed by atoms with van der Waals surface area (Å²) < 4.78 is 5.10. The smallest absolute Gasteiger partial charge is 0.119 e. The van der Waals surface area contributed by atoms with E-state index in [9.17, 15) is 5.11 Å². The van der Waals surface area contributed by atoms with Gasteiger partial charge < -0.3 is 15.6 Å². The average Bonchev–Trinajstić information content (AvgIpc) is 2.27. The summed E-state index contributed by atoms with van der Waals surface area (Å²) in [5, 5.41) is 9.63. The van der Waals surface area contributed by atoms with E-state index in [0.717, 1.165) is 16.2 Å². The molecule has 0 heterocycles. The molecule has 3 N–H and O–H groups in total. The number of nitrogens with two attached hydrogens (primary N) is 1. The molecule has 1 rings (SSSR count). The van der Waals surface area contributed by atoms with Crippen molar-refractivity contribution in [2.75, 3.05) is 19.9 Å². The second kappa shape index (κ2) is 5.24. The van der Waals surface area contributed by atoms with Crippen LogP contribution in [0.4, 0.5) is 0 Å². The Balaban J connectivity index is 3.04. The molecule has 0 aliphatic carbocycles. The van der Waals surface area contributed by atoms with Gasteiger partial charge in [-0.2, -0.15) is 0 Å². The number of hydrogen-bond donors (Lipinski definition) is 2. The van der Waals surface area contributed by atoms with Gasteiger partial charge in [-0.25, -0.2) is 0 Å². The summed E-state index contributed by atoms with van der Waals surface area (Å²) >= 11 is 1.57. The SMILES string of the molecule is COc1ccc(C(O)CN)c(SC)c1. The van der Waals surface area contributed by atoms with Crippen molar-refractivity contribution < 1.29 is 9.84 Å². The zero-order valence-electron chi connectivity index (χ0n) is 8.36. The maximum absolute atomic E-state index is 9.63. The monoisotopic (exact) mass is 213 g/mol. The zero-order valence-corrected chi connectivity index (χ0v) is 9.17. The predicted octanol–water partition coefficient (Wildman–Crippen LogP) is 1.41. The first-order valence-corrected chi connectivity index (χ1v) is 5.55. The van der Waals surface area contributed by atoms with Gasteiger partial charge >= 0.3 is 0 Å². The molecule has 3 nitrogen and oxygen atoms in total. The quantitative estimate of drug-likeness (QED) is 0.742. The van der Waals surface area contributed by atoms with Crippen molar-refractivity contribution in [3.8, 4) is 5.75 Å². The van der Waals surface area contributed by atoms with Crippen molar-refractivity contribution in [2.24, 2.45) is 5.73 Å². The molecule has 0 fully saturated rings. The highest BCUT2D eigenvalue weighted by Crippen LogP contribution is 2.29. The van der Waals surface area contributed by atoms with E-state index in [2.05, 4.69) is 0 Å². The van der Waals surface area contributed by atoms with Crippen LogP contribution in [0.1, 0.15) is 11.7 Å². The van der Waals surface area contributed by atoms with E-state index in [0.29, 0.717) is 0 Å². The Kier molecular flexibility index (Phi) is 4.25. The molecule has 0 aliphatic rings. The maximum Gasteiger partial charge on any atom is 0.119 e. The second-order valence-electron chi connectivity index (χ2n) is 2.86. The van der Waals surface area contributed by atoms with Gasteiger partial charge in [0, 0.05) is 11.4 Å². The Labute approximate surface area is 88.3 Å². The summed E-state index contributed by atoms with van der Waals surface area (Å²) in [5.41, 5.74) is 6.27. The third kappa shape index (κ3) is 2.41. The molecule has 0 spiro atoms. The molecule has 1 aromatic carbocycles. The molecule has 1 aromatic rings. The van der Waals surface area contributed by atoms with Gasteiger partial charge in [-0.3, -0.25) is 0 Å². The highest BCUT2D eigenvalue weighted by molar-refractivity contribution is 7.98. The van der Waals surface area contributed by atoms with Crippen LogP contribution in [0.25, 0.3) is 0 Å². The first kappa shape index (κ1) is 11.4. The van der Waals surface area contributed by atoms with Crippen LogP contribution in [0.3, 0.4) is 0 Å². The Morgan fingerprint density at radius 2 is 2.29 bits per heavy atom. The van der Waals surface area contributed by atoms with Gasteiger partial charge in [0.25, 0.3) is 0 Å². The minimum Gasteiger partial charge on any atom is -0.497 e. The lowest BCUT2D eigenvalue weighted by atomic mass is 10.1. The van der Waals surface area contributed by atoms with Crippen LogP contribution < -0.4 is 10.5 Å². The van der Waals surface area contributed by atoms with Crippen molar-refractivity contribution in [1.82, 2.24) is 0 Å². The van der Waals surface area contributed by atoms with E-state index < -0.39 is 6.10 Å². The molecule has 0 bridgehead atoms. The molecule has 0 aliphatic heterocycles. The Hall–Kier alpha value is -0.710. The second-order valence-corrected chi connectivity index (χ2v) is 3.71. The zero-order chi connectivity index (χ0) is 10.6. The van der Waals surface area contributed by atoms with Gasteiger partial charge in [0.2, 0.25) is 0 Å². The lowest BCUT2D eigenvalue weighted by Gasteiger charge is -2.13. The van der Waals surface area contributed by atoms with Gasteiger partial charge in [-0.05, 0) is 24.0 Å². The summed E-state index contributed by atoms with van der Waals surface area (Å²) in [6.07, 6.45) is 1.37. The predicted molar refractivity (Wildman–Crippen MR) is 58.8 cm³/mol. The highest BCUT2D eigenvalue weighted by Gasteiger charge is 2.10. The topological polar surface area (TPSA) is 55.5 Å². The third-order valence-corrected chi connectivity index (χ3v) is 2.82. The fourth-order valence-electron chi connectivity index (χ4n) is 1.22. The number of hydrogen-bond acceptors (Lipinski definition) is 4. The van der Waals surface area contributed by atoms with Crippen LogP contribution in [-0.4, -0.2) is 25.0 Å². The van der Waals surface area contributed by atoms with E-state index in [4.69, 9.17) is 10.5 Å². The fourth-order valence-corrected chi connectivity index (χ4v) is 1.89. The van der Waals surface area contributed by atoms with Crippen molar-refractivity contribution >= 4 is 11.8 Å². The van der Waals surface area contributed by atoms with Crippen LogP contribution in [0, 0.1) is 0 Å². The molecule has 0 aromatic heterocycles. The van der Waals surface area contributed by atoms with Gasteiger partial charge in [-0.1, -0.05) is 6.07 Å². The van der Waals surface area contributed by atoms with E-state index in [1.807, 2.05) is 24.5 Å². The summed E-state index contributed by atoms with van der Waals surface area (Å²) in [4.78, 5) is 1.00. The number of benzene rings is 1. The van der Waals surface area contributed by atoms with E-state index >= 15 is 0 Å². The highest BCUT2D eigenvalue weighted by atomic mass is 32.2. The Morgan fingerprint density at radius 1 is 1.57 bits per heavy atom. The van der Waals surface area contributed by atoms with Crippen molar-refractivity contribution in [1.29, 1.82) is 0 Å². The number of aliphatic hydroxyl groups excluding tert-OH is 1. The normalized spacial score (nSPS) is 12.6. The molecule has 14 heavy (non-hydrogen) atoms. The standard InChI is InChI=1S/C10H15NO2S/c1-13-7-3-4-8(9(12)6-11)10(5-7)14-2/h3-5,9,12H,6,11H2,1-2H3. The van der Waals surface area contributed by atoms with Crippen LogP contribution >= 0.6 is 11.8 Å². The molecule has 0 radical (unpaired) electrons. The van der Waals surface area contributed by atoms with E-state index in [1.54, 1.807) is 18.9 Å². The lowest BCUT2D eigenvalue weighted by Crippen LogP contribution is -2.12. The van der Waals surface area contributed by atoms with Gasteiger partial charge in [0.1, 0.15) is 5.75 Å². The molecule has 0 amide bonds. The summed E-state index contributed by atoms with van der Waals surface area (Å²) in [5.74, 6) is 0.794. The van der Waals surface area contributed by atoms with Gasteiger partial charge in [-0.15, -0.1) is 11.8 Å². The number of rotatable bonds is 4. The average molecular weight is 213 g/mol. The first-order chi connectivity index (χ1) is 6.72. The van der Waals surface area contributed by atoms with Crippen LogP contribution in [-0.2, 0) is 0 Å². The summed E-state index contributed by atoms with van der Waals surface area (Å²) in [6.45, 7) is 0.236. The van der Waals surface area contributed by atoms with Gasteiger partial charge in [0.05, 0.1) is 13.2 Å². The minimum atomic E-state index is -0.594. The van der Waals surface area contributed by atoms with Crippen LogP contribution in [0.15, 0.2) is 23.1 Å². The Bertz CT molecular complexity index is 304. The first-order valence-electron chi connectivity index (χ1n) is 4.33. The number of methoxy groups -OCH3 is 1. The minimum absolute atomic E-state index is 0.236. The molecule has 1 atom stereocenters. The van der Waals surface area contributed by atoms with E-state index in [1.165, 1.54) is 0 Å². The maximum atomic E-state index is 9.63. The van der Waals surface area contributed by atoms with Crippen LogP contribution in [0.5, 0.6) is 5.75 Å². The number of thioether (sulfide) groups is 1. The summed E-state index contributed by atoms with van der Waals surface area (Å²) in [7, 11) is 1.62. The molecular formula is C10H15NO2S. The number of aliphatic hydroxyl groups is 1. The van der Waals surface area contributed by atoms with Crippen molar-refractivity contribution in [2.45, 2.75) is 11.0 Å². The fraction of sp³-hybridized carbons (Fsp3) is 0.400. The molecule has 0 saturated heterocycles. The third-order valence-electron chi connectivity index (χ3n) is 2.02. The van der Waals surface area contributed by atoms with Crippen molar-refractivity contribution in [3.63, 3.8) is 0 Å².